The molecule has 1 aliphatic rings. The van der Waals surface area contributed by atoms with Crippen LogP contribution in [0.4, 0.5) is 0 Å². The van der Waals surface area contributed by atoms with Crippen LogP contribution in [0.3, 0.4) is 0 Å². The maximum absolute atomic E-state index is 11.6. The van der Waals surface area contributed by atoms with Crippen LogP contribution in [0.15, 0.2) is 42.5 Å². The minimum Gasteiger partial charge on any atom is -0.489 e. The Kier molecular flexibility index (Phi) is 9.71. The van der Waals surface area contributed by atoms with E-state index in [1.54, 1.807) is 13.0 Å². The van der Waals surface area contributed by atoms with Gasteiger partial charge in [0.1, 0.15) is 31.1 Å². The topological polar surface area (TPSA) is 79.6 Å². The molecule has 0 spiro atoms. The van der Waals surface area contributed by atoms with Gasteiger partial charge < -0.3 is 19.1 Å². The highest BCUT2D eigenvalue weighted by Crippen LogP contribution is 2.29. The van der Waals surface area contributed by atoms with Gasteiger partial charge in [-0.2, -0.15) is 5.26 Å². The molecule has 0 heterocycles. The first-order chi connectivity index (χ1) is 16.8. The lowest BCUT2D eigenvalue weighted by Crippen LogP contribution is -2.48. The summed E-state index contributed by atoms with van der Waals surface area (Å²) in [5, 5.41) is 20.3. The summed E-state index contributed by atoms with van der Waals surface area (Å²) in [5.41, 5.74) is 4.27. The number of para-hydroxylation sites is 1. The molecule has 0 saturated carbocycles. The van der Waals surface area contributed by atoms with Crippen LogP contribution in [0.5, 0.6) is 5.75 Å². The number of aliphatic hydroxyl groups is 1. The van der Waals surface area contributed by atoms with E-state index in [9.17, 15) is 15.2 Å². The highest BCUT2D eigenvalue weighted by Gasteiger charge is 2.26. The van der Waals surface area contributed by atoms with Gasteiger partial charge in [-0.25, -0.2) is 0 Å². The lowest BCUT2D eigenvalue weighted by Gasteiger charge is -2.33. The standard InChI is InChI=1S/C29H39N2O4/c1-4-34-28(33)14-8-12-23-11-7-13-26(19-30)29(23)35-21-27(32)20-31(2,3)16-15-22-17-24-9-5-6-10-25(24)18-22/h5-7,9-11,13,22,27,32H,4,8,12,14-18,20-21H2,1-3H3/q+1/t27-/m1/s1. The van der Waals surface area contributed by atoms with Crippen LogP contribution in [-0.2, 0) is 28.8 Å². The Labute approximate surface area is 209 Å². The van der Waals surface area contributed by atoms with E-state index in [0.717, 1.165) is 31.4 Å². The van der Waals surface area contributed by atoms with Crippen LogP contribution in [0.2, 0.25) is 0 Å². The Morgan fingerprint density at radius 2 is 1.89 bits per heavy atom. The number of nitrogens with zero attached hydrogens (tertiary/aromatic N) is 2. The van der Waals surface area contributed by atoms with Gasteiger partial charge >= 0.3 is 5.97 Å². The summed E-state index contributed by atoms with van der Waals surface area (Å²) in [6, 6.07) is 16.3. The van der Waals surface area contributed by atoms with Crippen LogP contribution in [0, 0.1) is 17.2 Å². The molecule has 6 heteroatoms. The summed E-state index contributed by atoms with van der Waals surface area (Å²) in [5.74, 6) is 0.952. The number of likely N-dealkylation sites (N-methyl/N-ethyl adjacent to an activating group) is 1. The molecular weight excluding hydrogens is 440 g/mol. The maximum atomic E-state index is 11.6. The quantitative estimate of drug-likeness (QED) is 0.346. The van der Waals surface area contributed by atoms with Gasteiger partial charge in [-0.15, -0.1) is 0 Å². The predicted molar refractivity (Wildman–Crippen MR) is 136 cm³/mol. The number of ether oxygens (including phenoxy) is 2. The van der Waals surface area contributed by atoms with E-state index in [2.05, 4.69) is 44.4 Å². The summed E-state index contributed by atoms with van der Waals surface area (Å²) >= 11 is 0. The Morgan fingerprint density at radius 3 is 2.54 bits per heavy atom. The molecule has 0 bridgehead atoms. The van der Waals surface area contributed by atoms with Crippen molar-refractivity contribution in [3.05, 3.63) is 64.7 Å². The summed E-state index contributed by atoms with van der Waals surface area (Å²) in [7, 11) is 4.30. The number of nitriles is 1. The highest BCUT2D eigenvalue weighted by atomic mass is 16.5. The van der Waals surface area contributed by atoms with E-state index in [4.69, 9.17) is 9.47 Å². The Morgan fingerprint density at radius 1 is 1.17 bits per heavy atom. The van der Waals surface area contributed by atoms with Crippen molar-refractivity contribution < 1.29 is 23.9 Å². The molecule has 6 nitrogen and oxygen atoms in total. The van der Waals surface area contributed by atoms with E-state index >= 15 is 0 Å². The van der Waals surface area contributed by atoms with Crippen LogP contribution in [-0.4, -0.2) is 62.1 Å². The lowest BCUT2D eigenvalue weighted by atomic mass is 10.0. The monoisotopic (exact) mass is 479 g/mol. The van der Waals surface area contributed by atoms with E-state index < -0.39 is 6.10 Å². The number of aliphatic hydroxyl groups excluding tert-OH is 1. The van der Waals surface area contributed by atoms with Gasteiger partial charge in [0, 0.05) is 12.8 Å². The number of rotatable bonds is 13. The molecule has 2 aromatic rings. The summed E-state index contributed by atoms with van der Waals surface area (Å²) < 4.78 is 11.7. The Bertz CT molecular complexity index is 1000. The van der Waals surface area contributed by atoms with Gasteiger partial charge in [-0.1, -0.05) is 36.4 Å². The van der Waals surface area contributed by atoms with Gasteiger partial charge in [-0.3, -0.25) is 4.79 Å². The SMILES string of the molecule is CCOC(=O)CCCc1cccc(C#N)c1OC[C@H](O)C[N+](C)(C)CCC1Cc2ccccc2C1. The lowest BCUT2D eigenvalue weighted by molar-refractivity contribution is -0.894. The minimum atomic E-state index is -0.648. The maximum Gasteiger partial charge on any atom is 0.305 e. The fraction of sp³-hybridized carbons (Fsp3) is 0.517. The summed E-state index contributed by atoms with van der Waals surface area (Å²) in [6.07, 6.45) is 4.30. The number of benzene rings is 2. The van der Waals surface area contributed by atoms with Crippen molar-refractivity contribution in [3.63, 3.8) is 0 Å². The first kappa shape index (κ1) is 26.7. The molecule has 1 N–H and O–H groups in total. The van der Waals surface area contributed by atoms with Gasteiger partial charge in [0.15, 0.2) is 0 Å². The largest absolute Gasteiger partial charge is 0.489 e. The average Bonchev–Trinajstić information content (AvgIpc) is 3.25. The normalized spacial score (nSPS) is 14.3. The van der Waals surface area contributed by atoms with Gasteiger partial charge in [0.2, 0.25) is 0 Å². The third-order valence-electron chi connectivity index (χ3n) is 6.75. The van der Waals surface area contributed by atoms with Crippen LogP contribution >= 0.6 is 0 Å². The van der Waals surface area contributed by atoms with E-state index in [1.807, 2.05) is 12.1 Å². The molecule has 1 atom stereocenters. The Balaban J connectivity index is 1.49. The third-order valence-corrected chi connectivity index (χ3v) is 6.75. The smallest absolute Gasteiger partial charge is 0.305 e. The number of hydrogen-bond donors (Lipinski definition) is 1. The second-order valence-electron chi connectivity index (χ2n) is 10.2. The van der Waals surface area contributed by atoms with Crippen molar-refractivity contribution in [3.8, 4) is 11.8 Å². The Hall–Kier alpha value is -2.88. The minimum absolute atomic E-state index is 0.125. The van der Waals surface area contributed by atoms with Gasteiger partial charge in [-0.05, 0) is 61.3 Å². The zero-order valence-corrected chi connectivity index (χ0v) is 21.3. The number of quaternary nitrogens is 1. The molecule has 0 radical (unpaired) electrons. The molecule has 0 aliphatic heterocycles. The number of fused-ring (bicyclic) bond motifs is 1. The molecule has 0 amide bonds. The van der Waals surface area contributed by atoms with E-state index in [0.29, 0.717) is 54.1 Å². The highest BCUT2D eigenvalue weighted by molar-refractivity contribution is 5.69. The molecule has 188 valence electrons. The molecule has 3 rings (SSSR count). The molecule has 0 saturated heterocycles. The number of esters is 1. The molecule has 0 aromatic heterocycles. The van der Waals surface area contributed by atoms with Crippen molar-refractivity contribution >= 4 is 5.97 Å². The predicted octanol–water partition coefficient (Wildman–Crippen LogP) is 4.07. The van der Waals surface area contributed by atoms with Crippen molar-refractivity contribution in [2.75, 3.05) is 40.4 Å². The average molecular weight is 480 g/mol. The fourth-order valence-corrected chi connectivity index (χ4v) is 4.98. The number of carbonyl (C=O) groups excluding carboxylic acids is 1. The summed E-state index contributed by atoms with van der Waals surface area (Å²) in [6.45, 7) is 3.85. The number of hydrogen-bond acceptors (Lipinski definition) is 5. The zero-order valence-electron chi connectivity index (χ0n) is 21.3. The van der Waals surface area contributed by atoms with Gasteiger partial charge in [0.25, 0.3) is 0 Å². The van der Waals surface area contributed by atoms with Crippen molar-refractivity contribution in [1.82, 2.24) is 0 Å². The molecule has 2 aromatic carbocycles. The van der Waals surface area contributed by atoms with E-state index in [1.165, 1.54) is 11.1 Å². The zero-order chi connectivity index (χ0) is 25.3. The second kappa shape index (κ2) is 12.7. The van der Waals surface area contributed by atoms with Crippen LogP contribution < -0.4 is 4.74 Å². The van der Waals surface area contributed by atoms with Crippen molar-refractivity contribution in [1.29, 1.82) is 5.26 Å². The summed E-state index contributed by atoms with van der Waals surface area (Å²) in [4.78, 5) is 11.6. The number of aryl methyl sites for hydroxylation is 1. The van der Waals surface area contributed by atoms with E-state index in [-0.39, 0.29) is 12.6 Å². The van der Waals surface area contributed by atoms with Crippen LogP contribution in [0.1, 0.15) is 48.4 Å². The molecule has 35 heavy (non-hydrogen) atoms. The third kappa shape index (κ3) is 8.09. The first-order valence-electron chi connectivity index (χ1n) is 12.7. The molecule has 1 aliphatic carbocycles. The van der Waals surface area contributed by atoms with Crippen LogP contribution in [0.25, 0.3) is 0 Å². The molecule has 0 unspecified atom stereocenters. The van der Waals surface area contributed by atoms with Gasteiger partial charge in [0.05, 0.1) is 32.8 Å². The van der Waals surface area contributed by atoms with Crippen molar-refractivity contribution in [2.24, 2.45) is 5.92 Å². The first-order valence-corrected chi connectivity index (χ1v) is 12.7. The number of carbonyl (C=O) groups is 1. The van der Waals surface area contributed by atoms with Crippen molar-refractivity contribution in [2.45, 2.75) is 51.6 Å². The molecule has 0 fully saturated rings. The second-order valence-corrected chi connectivity index (χ2v) is 10.2. The fourth-order valence-electron chi connectivity index (χ4n) is 4.98. The molecular formula is C29H39N2O4+.